The van der Waals surface area contributed by atoms with Gasteiger partial charge in [0.15, 0.2) is 6.29 Å². The Morgan fingerprint density at radius 3 is 2.20 bits per heavy atom. The summed E-state index contributed by atoms with van der Waals surface area (Å²) in [6.07, 6.45) is -8.39. The molecule has 0 bridgehead atoms. The van der Waals surface area contributed by atoms with E-state index in [1.54, 1.807) is 36.4 Å². The van der Waals surface area contributed by atoms with Crippen LogP contribution >= 0.6 is 0 Å². The molecule has 0 aliphatic carbocycles. The first-order valence-electron chi connectivity index (χ1n) is 15.5. The second kappa shape index (κ2) is 16.3. The number of nitrogens with zero attached hydrogens (tertiary/aromatic N) is 2. The summed E-state index contributed by atoms with van der Waals surface area (Å²) < 4.78 is 32.3. The number of benzene rings is 3. The molecule has 4 N–H and O–H groups in total. The number of ether oxygens (including phenoxy) is 5. The fourth-order valence-electron chi connectivity index (χ4n) is 5.07. The molecule has 50 heavy (non-hydrogen) atoms. The average molecular weight is 693 g/mol. The van der Waals surface area contributed by atoms with Gasteiger partial charge in [0, 0.05) is 18.5 Å². The fraction of sp³-hybridized carbons (Fsp3) is 0.314. The van der Waals surface area contributed by atoms with Crippen LogP contribution in [0, 0.1) is 12.8 Å². The van der Waals surface area contributed by atoms with Crippen molar-refractivity contribution in [1.29, 1.82) is 0 Å². The molecule has 15 nitrogen and oxygen atoms in total. The number of methoxy groups -OCH3 is 1. The molecule has 15 heteroatoms. The fourth-order valence-corrected chi connectivity index (χ4v) is 5.07. The van der Waals surface area contributed by atoms with Gasteiger partial charge in [-0.2, -0.15) is 0 Å². The Morgan fingerprint density at radius 1 is 0.880 bits per heavy atom. The third-order valence-electron chi connectivity index (χ3n) is 7.77. The lowest BCUT2D eigenvalue weighted by Crippen LogP contribution is -2.58. The number of aliphatic hydroxyl groups excluding tert-OH is 3. The maximum Gasteiger partial charge on any atom is 0.416 e. The smallest absolute Gasteiger partial charge is 0.416 e. The van der Waals surface area contributed by atoms with E-state index in [0.29, 0.717) is 41.7 Å². The molecular formula is C35H36N2O13. The summed E-state index contributed by atoms with van der Waals surface area (Å²) in [5.74, 6) is -2.25. The van der Waals surface area contributed by atoms with Crippen molar-refractivity contribution >= 4 is 18.0 Å². The van der Waals surface area contributed by atoms with Gasteiger partial charge in [0.05, 0.1) is 19.4 Å². The quantitative estimate of drug-likeness (QED) is 0.149. The number of carboxylic acid groups (broad SMARTS) is 1. The summed E-state index contributed by atoms with van der Waals surface area (Å²) in [4.78, 5) is 43.6. The number of aryl methyl sites for hydroxylation is 1. The molecule has 2 heterocycles. The van der Waals surface area contributed by atoms with Crippen molar-refractivity contribution in [2.45, 2.75) is 44.7 Å². The minimum absolute atomic E-state index is 0.150. The Bertz CT molecular complexity index is 1740. The zero-order valence-corrected chi connectivity index (χ0v) is 27.1. The van der Waals surface area contributed by atoms with Gasteiger partial charge >= 0.3 is 18.0 Å². The molecule has 0 spiro atoms. The summed E-state index contributed by atoms with van der Waals surface area (Å²) in [5, 5.41) is 39.3. The van der Waals surface area contributed by atoms with E-state index in [4.69, 9.17) is 28.1 Å². The Balaban J connectivity index is 1.23. The Labute approximate surface area is 286 Å². The SMILES string of the molecule is COc1ccc(OC(=O)N(CC(=O)O[C@H]2O[C@@H](O)[C@H](O)[C@@H](O)[C@@H]2C(=O)O)Cc2ccc(OCCc3nc(-c4ccccc4)oc3C)cc2)cc1. The van der Waals surface area contributed by atoms with Gasteiger partial charge in [0.1, 0.15) is 47.7 Å². The average Bonchev–Trinajstić information content (AvgIpc) is 3.48. The van der Waals surface area contributed by atoms with Crippen molar-refractivity contribution in [3.05, 3.63) is 95.9 Å². The van der Waals surface area contributed by atoms with Gasteiger partial charge in [-0.3, -0.25) is 14.5 Å². The van der Waals surface area contributed by atoms with Gasteiger partial charge in [-0.05, 0) is 61.0 Å². The highest BCUT2D eigenvalue weighted by molar-refractivity contribution is 5.80. The first kappa shape index (κ1) is 35.8. The highest BCUT2D eigenvalue weighted by Crippen LogP contribution is 2.27. The maximum atomic E-state index is 13.3. The molecule has 1 saturated heterocycles. The zero-order chi connectivity index (χ0) is 35.8. The van der Waals surface area contributed by atoms with E-state index in [9.17, 15) is 34.8 Å². The number of hydrogen-bond acceptors (Lipinski definition) is 13. The van der Waals surface area contributed by atoms with E-state index in [1.165, 1.54) is 19.2 Å². The second-order valence-corrected chi connectivity index (χ2v) is 11.3. The normalized spacial score (nSPS) is 20.1. The molecule has 5 rings (SSSR count). The van der Waals surface area contributed by atoms with Gasteiger partial charge in [-0.15, -0.1) is 0 Å². The number of carboxylic acids is 1. The first-order chi connectivity index (χ1) is 24.0. The molecule has 0 saturated carbocycles. The third kappa shape index (κ3) is 8.95. The van der Waals surface area contributed by atoms with Crippen molar-refractivity contribution in [2.24, 2.45) is 5.92 Å². The summed E-state index contributed by atoms with van der Waals surface area (Å²) in [6.45, 7) is 1.27. The van der Waals surface area contributed by atoms with Gasteiger partial charge in [0.2, 0.25) is 12.2 Å². The molecular weight excluding hydrogens is 656 g/mol. The van der Waals surface area contributed by atoms with Crippen LogP contribution < -0.4 is 14.2 Å². The molecule has 1 aliphatic rings. The highest BCUT2D eigenvalue weighted by Gasteiger charge is 2.50. The number of carbonyl (C=O) groups is 3. The molecule has 1 aromatic heterocycles. The lowest BCUT2D eigenvalue weighted by Gasteiger charge is -2.38. The van der Waals surface area contributed by atoms with Crippen LogP contribution in [0.3, 0.4) is 0 Å². The minimum atomic E-state index is -2.03. The van der Waals surface area contributed by atoms with E-state index in [-0.39, 0.29) is 12.3 Å². The Kier molecular flexibility index (Phi) is 11.7. The monoisotopic (exact) mass is 692 g/mol. The van der Waals surface area contributed by atoms with E-state index < -0.39 is 55.3 Å². The molecule has 1 aliphatic heterocycles. The number of hydrogen-bond donors (Lipinski definition) is 4. The molecule has 5 atom stereocenters. The molecule has 3 aromatic carbocycles. The number of esters is 1. The standard InChI is InChI=1S/C35H36N2O13/c1-20-26(36-31(47-20)22-6-4-3-5-7-22)16-17-46-24-10-8-21(9-11-24)18-37(35(44)48-25-14-12-23(45-2)13-15-25)19-27(38)49-34-28(32(41)42)29(39)30(40)33(43)50-34/h3-15,28-30,33-34,39-40,43H,16-19H2,1-2H3,(H,41,42)/t28-,29+,30-,33-,34+/m1/s1. The van der Waals surface area contributed by atoms with E-state index >= 15 is 0 Å². The van der Waals surface area contributed by atoms with Crippen molar-refractivity contribution < 1.29 is 62.9 Å². The van der Waals surface area contributed by atoms with E-state index in [2.05, 4.69) is 4.98 Å². The van der Waals surface area contributed by atoms with Crippen molar-refractivity contribution in [1.82, 2.24) is 9.88 Å². The van der Waals surface area contributed by atoms with E-state index in [0.717, 1.165) is 16.2 Å². The highest BCUT2D eigenvalue weighted by atomic mass is 16.8. The van der Waals surface area contributed by atoms with Crippen LogP contribution in [0.1, 0.15) is 17.0 Å². The summed E-state index contributed by atoms with van der Waals surface area (Å²) in [6, 6.07) is 22.4. The first-order valence-corrected chi connectivity index (χ1v) is 15.5. The predicted octanol–water partition coefficient (Wildman–Crippen LogP) is 2.92. The number of amides is 1. The molecule has 264 valence electrons. The zero-order valence-electron chi connectivity index (χ0n) is 27.1. The topological polar surface area (TPSA) is 208 Å². The van der Waals surface area contributed by atoms with Gasteiger partial charge < -0.3 is 48.5 Å². The van der Waals surface area contributed by atoms with Crippen LogP contribution in [-0.2, 0) is 32.0 Å². The van der Waals surface area contributed by atoms with Crippen LogP contribution in [0.5, 0.6) is 17.2 Å². The van der Waals surface area contributed by atoms with Crippen LogP contribution in [0.15, 0.2) is 83.3 Å². The largest absolute Gasteiger partial charge is 0.497 e. The number of aliphatic carboxylic acids is 1. The number of aromatic nitrogens is 1. The number of oxazole rings is 1. The van der Waals surface area contributed by atoms with Crippen molar-refractivity contribution in [3.63, 3.8) is 0 Å². The predicted molar refractivity (Wildman–Crippen MR) is 172 cm³/mol. The third-order valence-corrected chi connectivity index (χ3v) is 7.77. The van der Waals surface area contributed by atoms with Crippen LogP contribution in [-0.4, -0.2) is 93.4 Å². The lowest BCUT2D eigenvalue weighted by molar-refractivity contribution is -0.317. The second-order valence-electron chi connectivity index (χ2n) is 11.3. The number of carbonyl (C=O) groups excluding carboxylic acids is 2. The number of rotatable bonds is 13. The Morgan fingerprint density at radius 2 is 1.54 bits per heavy atom. The summed E-state index contributed by atoms with van der Waals surface area (Å²) >= 11 is 0. The molecule has 1 fully saturated rings. The summed E-state index contributed by atoms with van der Waals surface area (Å²) in [5.41, 5.74) is 2.22. The molecule has 0 radical (unpaired) electrons. The van der Waals surface area contributed by atoms with Gasteiger partial charge in [-0.25, -0.2) is 9.78 Å². The molecule has 0 unspecified atom stereocenters. The van der Waals surface area contributed by atoms with Crippen LogP contribution in [0.2, 0.25) is 0 Å². The maximum absolute atomic E-state index is 13.3. The van der Waals surface area contributed by atoms with Crippen molar-refractivity contribution in [2.75, 3.05) is 20.3 Å². The molecule has 1 amide bonds. The van der Waals surface area contributed by atoms with Crippen molar-refractivity contribution in [3.8, 4) is 28.7 Å². The number of aliphatic hydroxyl groups is 3. The Hall–Kier alpha value is -5.48. The summed E-state index contributed by atoms with van der Waals surface area (Å²) in [7, 11) is 1.48. The minimum Gasteiger partial charge on any atom is -0.497 e. The van der Waals surface area contributed by atoms with Gasteiger partial charge in [-0.1, -0.05) is 30.3 Å². The van der Waals surface area contributed by atoms with Gasteiger partial charge in [0.25, 0.3) is 0 Å². The molecule has 4 aromatic rings. The van der Waals surface area contributed by atoms with Crippen LogP contribution in [0.4, 0.5) is 4.79 Å². The van der Waals surface area contributed by atoms with Crippen LogP contribution in [0.25, 0.3) is 11.5 Å². The lowest BCUT2D eigenvalue weighted by atomic mass is 9.94. The van der Waals surface area contributed by atoms with E-state index in [1.807, 2.05) is 37.3 Å².